The molecular weight excluding hydrogens is 680 g/mol. The minimum Gasteiger partial charge on any atom is -0.349 e. The summed E-state index contributed by atoms with van der Waals surface area (Å²) in [6, 6.07) is 11.2. The molecule has 0 saturated carbocycles. The van der Waals surface area contributed by atoms with Gasteiger partial charge in [0.15, 0.2) is 0 Å². The molecule has 0 fully saturated rings. The zero-order valence-electron chi connectivity index (χ0n) is 9.61. The Balaban J connectivity index is 0.000000810. The van der Waals surface area contributed by atoms with Gasteiger partial charge in [0.05, 0.1) is 0 Å². The predicted octanol–water partition coefficient (Wildman–Crippen LogP) is 3.60. The minimum absolute atomic E-state index is 0. The topological polar surface area (TPSA) is 4.93 Å². The molecule has 1 aliphatic carbocycles. The average molecular weight is 691 g/mol. The zero-order valence-corrected chi connectivity index (χ0v) is 15.9. The number of benzene rings is 1. The molecule has 0 spiro atoms. The zero-order chi connectivity index (χ0) is 10.8. The van der Waals surface area contributed by atoms with Crippen molar-refractivity contribution in [2.75, 3.05) is 0 Å². The largest absolute Gasteiger partial charge is 0.349 e. The number of fused-ring (bicyclic) bond motifs is 1. The number of hydrogen-bond donors (Lipinski definition) is 0. The van der Waals surface area contributed by atoms with Gasteiger partial charge in [-0.2, -0.15) is 24.3 Å². The van der Waals surface area contributed by atoms with Crippen molar-refractivity contribution >= 4 is 17.1 Å². The molecule has 18 heavy (non-hydrogen) atoms. The summed E-state index contributed by atoms with van der Waals surface area (Å²) < 4.78 is 2.15. The third kappa shape index (κ3) is 2.95. The number of hydrogen-bond acceptors (Lipinski definition) is 0. The van der Waals surface area contributed by atoms with E-state index in [4.69, 9.17) is 0 Å². The van der Waals surface area contributed by atoms with Crippen molar-refractivity contribution in [2.24, 2.45) is 0 Å². The van der Waals surface area contributed by atoms with E-state index in [1.165, 1.54) is 16.5 Å². The smallest absolute Gasteiger partial charge is 0 e. The summed E-state index contributed by atoms with van der Waals surface area (Å²) in [7, 11) is 0. The maximum Gasteiger partial charge on any atom is 0 e. The molecule has 0 aliphatic heterocycles. The molecule has 3 heteroatoms. The van der Waals surface area contributed by atoms with Gasteiger partial charge in [-0.15, -0.1) is 17.0 Å². The van der Waals surface area contributed by atoms with Crippen molar-refractivity contribution in [2.45, 2.75) is 6.42 Å². The number of allylic oxidation sites excluding steroid dienone is 5. The van der Waals surface area contributed by atoms with Gasteiger partial charge in [0.2, 0.25) is 0 Å². The Bertz CT molecular complexity index is 606. The Hall–Kier alpha value is -1.24. The second kappa shape index (κ2) is 6.63. The first-order valence-corrected chi connectivity index (χ1v) is 5.35. The SMILES string of the molecule is [Am].[Am].[C-]1=CC/C(=C\n2ccc3c[c-]ccc32)C=C1. The molecule has 0 saturated heterocycles. The average Bonchev–Trinajstić information content (AvgIpc) is 2.74. The molecule has 3 rings (SSSR count). The maximum absolute atomic E-state index is 3.09. The van der Waals surface area contributed by atoms with Crippen LogP contribution < -0.4 is 0 Å². The first kappa shape index (κ1) is 14.8. The second-order valence-electron chi connectivity index (χ2n) is 3.82. The van der Waals surface area contributed by atoms with Crippen LogP contribution in [-0.4, -0.2) is 4.57 Å². The molecule has 0 bridgehead atoms. The first-order chi connectivity index (χ1) is 7.93. The second-order valence-corrected chi connectivity index (χ2v) is 3.82. The standard InChI is InChI=1S/C15H11N.2Am/c1-2-6-13(7-3-1)12-16-11-10-14-8-4-5-9-15(14)16;;/h2-3,5-6,8-12H,7H2;;/q-2;;/b13-12-;;. The van der Waals surface area contributed by atoms with E-state index in [9.17, 15) is 0 Å². The van der Waals surface area contributed by atoms with E-state index in [1.54, 1.807) is 0 Å². The summed E-state index contributed by atoms with van der Waals surface area (Å²) >= 11 is 0. The van der Waals surface area contributed by atoms with Gasteiger partial charge in [0.25, 0.3) is 0 Å². The Morgan fingerprint density at radius 2 is 2.11 bits per heavy atom. The Labute approximate surface area is 123 Å². The minimum atomic E-state index is 0. The normalized spacial score (nSPS) is 15.4. The molecule has 1 aromatic heterocycles. The quantitative estimate of drug-likeness (QED) is 0.404. The van der Waals surface area contributed by atoms with E-state index < -0.39 is 0 Å². The Morgan fingerprint density at radius 1 is 1.22 bits per heavy atom. The van der Waals surface area contributed by atoms with Crippen LogP contribution in [0.5, 0.6) is 0 Å². The van der Waals surface area contributed by atoms with Gasteiger partial charge in [-0.25, -0.2) is 12.2 Å². The van der Waals surface area contributed by atoms with Crippen molar-refractivity contribution < 1.29 is 28.6 Å². The van der Waals surface area contributed by atoms with Crippen LogP contribution in [0.2, 0.25) is 0 Å². The molecule has 1 aliphatic rings. The summed E-state index contributed by atoms with van der Waals surface area (Å²) in [5.41, 5.74) is 2.52. The van der Waals surface area contributed by atoms with Gasteiger partial charge in [-0.3, -0.25) is 6.08 Å². The van der Waals surface area contributed by atoms with Crippen LogP contribution in [0.3, 0.4) is 0 Å². The molecule has 0 atom stereocenters. The van der Waals surface area contributed by atoms with Gasteiger partial charge in [0.1, 0.15) is 0 Å². The van der Waals surface area contributed by atoms with Gasteiger partial charge in [-0.1, -0.05) is 11.6 Å². The number of rotatable bonds is 1. The summed E-state index contributed by atoms with van der Waals surface area (Å²) in [5, 5.41) is 1.22. The monoisotopic (exact) mass is 687 g/mol. The predicted molar refractivity (Wildman–Crippen MR) is 66.6 cm³/mol. The fourth-order valence-electron chi connectivity index (χ4n) is 1.90. The molecule has 0 unspecified atom stereocenters. The fourth-order valence-corrected chi connectivity index (χ4v) is 1.90. The van der Waals surface area contributed by atoms with Crippen molar-refractivity contribution in [1.29, 1.82) is 0 Å². The van der Waals surface area contributed by atoms with E-state index in [-0.39, 0.29) is 28.6 Å². The Morgan fingerprint density at radius 3 is 2.89 bits per heavy atom. The van der Waals surface area contributed by atoms with Crippen molar-refractivity contribution in [3.8, 4) is 0 Å². The van der Waals surface area contributed by atoms with Crippen LogP contribution in [0, 0.1) is 40.7 Å². The van der Waals surface area contributed by atoms with Gasteiger partial charge >= 0.3 is 0 Å². The van der Waals surface area contributed by atoms with Crippen LogP contribution in [0.1, 0.15) is 6.42 Å². The summed E-state index contributed by atoms with van der Waals surface area (Å²) in [5.74, 6) is 0. The summed E-state index contributed by atoms with van der Waals surface area (Å²) in [4.78, 5) is 0. The first-order valence-electron chi connectivity index (χ1n) is 5.35. The molecule has 0 N–H and O–H groups in total. The summed E-state index contributed by atoms with van der Waals surface area (Å²) in [6.45, 7) is 0. The Kier molecular flexibility index (Phi) is 5.46. The van der Waals surface area contributed by atoms with Crippen LogP contribution in [0.15, 0.2) is 54.3 Å². The van der Waals surface area contributed by atoms with E-state index in [0.717, 1.165) is 6.42 Å². The third-order valence-corrected chi connectivity index (χ3v) is 2.72. The number of nitrogens with zero attached hydrogens (tertiary/aromatic N) is 1. The van der Waals surface area contributed by atoms with Crippen molar-refractivity contribution in [1.82, 2.24) is 4.57 Å². The van der Waals surface area contributed by atoms with Crippen LogP contribution in [-0.2, 0) is 0 Å². The molecule has 1 aromatic carbocycles. The third-order valence-electron chi connectivity index (χ3n) is 2.72. The van der Waals surface area contributed by atoms with Gasteiger partial charge in [0, 0.05) is 28.6 Å². The maximum atomic E-state index is 3.09. The van der Waals surface area contributed by atoms with Gasteiger partial charge < -0.3 is 4.57 Å². The fraction of sp³-hybridized carbons (Fsp3) is 0.0667. The van der Waals surface area contributed by atoms with Crippen molar-refractivity contribution in [3.05, 3.63) is 66.4 Å². The van der Waals surface area contributed by atoms with Crippen LogP contribution in [0.25, 0.3) is 17.1 Å². The molecule has 2 aromatic rings. The van der Waals surface area contributed by atoms with Gasteiger partial charge in [-0.05, 0) is 18.8 Å². The number of aromatic nitrogens is 1. The van der Waals surface area contributed by atoms with E-state index >= 15 is 0 Å². The summed E-state index contributed by atoms with van der Waals surface area (Å²) in [6.07, 6.45) is 14.4. The molecule has 2 radical (unpaired) electrons. The van der Waals surface area contributed by atoms with Crippen LogP contribution >= 0.6 is 0 Å². The van der Waals surface area contributed by atoms with Crippen molar-refractivity contribution in [3.63, 3.8) is 0 Å². The molecule has 92 valence electrons. The molecular formula is C15H11Am2N-2. The molecule has 1 heterocycles. The van der Waals surface area contributed by atoms with E-state index in [2.05, 4.69) is 47.3 Å². The van der Waals surface area contributed by atoms with E-state index in [1.807, 2.05) is 24.3 Å². The molecule has 1 nitrogen and oxygen atoms in total. The molecule has 0 amide bonds. The van der Waals surface area contributed by atoms with Crippen LogP contribution in [0.4, 0.5) is 0 Å². The van der Waals surface area contributed by atoms with E-state index in [0.29, 0.717) is 0 Å².